The van der Waals surface area contributed by atoms with E-state index in [1.807, 2.05) is 0 Å². The highest BCUT2D eigenvalue weighted by Crippen LogP contribution is 2.41. The number of anilines is 5. The van der Waals surface area contributed by atoms with Crippen LogP contribution in [0.2, 0.25) is 0 Å². The van der Waals surface area contributed by atoms with Crippen molar-refractivity contribution in [2.45, 2.75) is 14.7 Å². The lowest BCUT2D eigenvalue weighted by Gasteiger charge is -2.11. The second-order valence-corrected chi connectivity index (χ2v) is 12.7. The zero-order valence-electron chi connectivity index (χ0n) is 23.0. The summed E-state index contributed by atoms with van der Waals surface area (Å²) in [4.78, 5) is 10.3. The molecule has 47 heavy (non-hydrogen) atoms. The summed E-state index contributed by atoms with van der Waals surface area (Å²) in [6.07, 6.45) is -1.21. The van der Waals surface area contributed by atoms with Gasteiger partial charge in [-0.05, 0) is 47.9 Å². The number of phenolic OH excluding ortho intramolecular Hbond substituents is 1. The Balaban J connectivity index is 1.51. The van der Waals surface area contributed by atoms with Crippen molar-refractivity contribution in [3.63, 3.8) is 0 Å². The van der Waals surface area contributed by atoms with E-state index >= 15 is 0 Å². The van der Waals surface area contributed by atoms with E-state index in [9.17, 15) is 35.4 Å². The Morgan fingerprint density at radius 1 is 0.872 bits per heavy atom. The minimum Gasteiger partial charge on any atom is -0.507 e. The maximum atomic E-state index is 14.4. The molecule has 0 amide bonds. The molecule has 0 aliphatic heterocycles. The van der Waals surface area contributed by atoms with Crippen LogP contribution < -0.4 is 16.4 Å². The molecule has 0 aliphatic rings. The maximum Gasteiger partial charge on any atom is 0.315 e. The number of nitrogens with zero attached hydrogens (tertiary/aromatic N) is 5. The SMILES string of the molecule is Nc1ccc2cc(S(=O)(=O)O)cc(O)c2c1N=Nc1cc(Nc2nc(F)nc(Nc3ccccc3SOOO)n2)ccc1S(=O)(=O)O. The number of hydrogen-bond acceptors (Lipinski definition) is 17. The number of nitrogen functional groups attached to an aromatic ring is 1. The second kappa shape index (κ2) is 13.3. The predicted molar refractivity (Wildman–Crippen MR) is 164 cm³/mol. The zero-order chi connectivity index (χ0) is 33.9. The van der Waals surface area contributed by atoms with Gasteiger partial charge in [-0.2, -0.15) is 36.2 Å². The Morgan fingerprint density at radius 2 is 1.60 bits per heavy atom. The van der Waals surface area contributed by atoms with E-state index in [1.54, 1.807) is 24.3 Å². The molecule has 0 atom stereocenters. The van der Waals surface area contributed by atoms with E-state index in [2.05, 4.69) is 45.2 Å². The lowest BCUT2D eigenvalue weighted by Crippen LogP contribution is -2.07. The fraction of sp³-hybridized carbons (Fsp3) is 0. The number of nitrogens with one attached hydrogen (secondary N) is 2. The molecule has 0 unspecified atom stereocenters. The van der Waals surface area contributed by atoms with Gasteiger partial charge >= 0.3 is 6.08 Å². The number of aromatic nitrogens is 3. The van der Waals surface area contributed by atoms with Crippen molar-refractivity contribution in [3.8, 4) is 5.75 Å². The van der Waals surface area contributed by atoms with Crippen molar-refractivity contribution < 1.29 is 50.1 Å². The van der Waals surface area contributed by atoms with E-state index in [-0.39, 0.29) is 39.7 Å². The number of halogens is 1. The smallest absolute Gasteiger partial charge is 0.315 e. The van der Waals surface area contributed by atoms with Gasteiger partial charge in [-0.3, -0.25) is 9.11 Å². The van der Waals surface area contributed by atoms with Crippen LogP contribution in [0.25, 0.3) is 10.8 Å². The third-order valence-electron chi connectivity index (χ3n) is 6.02. The zero-order valence-corrected chi connectivity index (χ0v) is 25.5. The summed E-state index contributed by atoms with van der Waals surface area (Å²) in [5.41, 5.74) is 5.67. The molecule has 0 saturated heterocycles. The van der Waals surface area contributed by atoms with Crippen molar-refractivity contribution in [2.75, 3.05) is 16.4 Å². The molecule has 0 saturated carbocycles. The van der Waals surface area contributed by atoms with Crippen LogP contribution in [0.5, 0.6) is 5.75 Å². The molecule has 5 aromatic rings. The molecule has 0 radical (unpaired) electrons. The third kappa shape index (κ3) is 7.84. The molecule has 5 rings (SSSR count). The number of para-hydroxylation sites is 1. The molecule has 4 aromatic carbocycles. The van der Waals surface area contributed by atoms with E-state index < -0.39 is 47.5 Å². The molecule has 0 spiro atoms. The average Bonchev–Trinajstić information content (AvgIpc) is 2.99. The summed E-state index contributed by atoms with van der Waals surface area (Å²) in [5.74, 6) is -1.25. The predicted octanol–water partition coefficient (Wildman–Crippen LogP) is 5.28. The van der Waals surface area contributed by atoms with E-state index in [1.165, 1.54) is 18.2 Å². The minimum absolute atomic E-state index is 0.0406. The van der Waals surface area contributed by atoms with Gasteiger partial charge in [0.05, 0.1) is 38.6 Å². The van der Waals surface area contributed by atoms with Gasteiger partial charge < -0.3 is 21.5 Å². The molecule has 18 nitrogen and oxygen atoms in total. The Bertz CT molecular complexity index is 2260. The van der Waals surface area contributed by atoms with E-state index in [4.69, 9.17) is 11.0 Å². The van der Waals surface area contributed by atoms with Gasteiger partial charge in [-0.1, -0.05) is 23.2 Å². The van der Waals surface area contributed by atoms with Crippen LogP contribution in [0.3, 0.4) is 0 Å². The summed E-state index contributed by atoms with van der Waals surface area (Å²) in [6.45, 7) is 0. The molecule has 22 heteroatoms. The van der Waals surface area contributed by atoms with Crippen molar-refractivity contribution in [3.05, 3.63) is 72.8 Å². The van der Waals surface area contributed by atoms with Crippen molar-refractivity contribution in [1.82, 2.24) is 15.0 Å². The largest absolute Gasteiger partial charge is 0.507 e. The first-order chi connectivity index (χ1) is 22.2. The van der Waals surface area contributed by atoms with Crippen LogP contribution in [0.1, 0.15) is 0 Å². The number of azo groups is 1. The number of nitrogens with two attached hydrogens (primary N) is 1. The van der Waals surface area contributed by atoms with E-state index in [0.717, 1.165) is 24.3 Å². The number of benzene rings is 4. The van der Waals surface area contributed by atoms with Gasteiger partial charge in [0.1, 0.15) is 22.0 Å². The van der Waals surface area contributed by atoms with Gasteiger partial charge in [-0.25, -0.2) is 5.26 Å². The van der Waals surface area contributed by atoms with Crippen LogP contribution in [0.15, 0.2) is 91.6 Å². The highest BCUT2D eigenvalue weighted by atomic mass is 32.2. The Morgan fingerprint density at radius 3 is 2.30 bits per heavy atom. The topological polar surface area (TPSA) is 281 Å². The highest BCUT2D eigenvalue weighted by molar-refractivity contribution is 7.94. The van der Waals surface area contributed by atoms with Gasteiger partial charge in [0.15, 0.2) is 0 Å². The van der Waals surface area contributed by atoms with Crippen LogP contribution in [-0.2, 0) is 29.6 Å². The lowest BCUT2D eigenvalue weighted by molar-refractivity contribution is -0.432. The van der Waals surface area contributed by atoms with Crippen LogP contribution in [0.4, 0.5) is 44.7 Å². The number of hydrogen-bond donors (Lipinski definition) is 7. The van der Waals surface area contributed by atoms with Crippen LogP contribution in [-0.4, -0.2) is 51.3 Å². The second-order valence-electron chi connectivity index (χ2n) is 9.10. The van der Waals surface area contributed by atoms with Gasteiger partial charge in [0, 0.05) is 11.8 Å². The maximum absolute atomic E-state index is 14.4. The number of rotatable bonds is 11. The molecule has 1 aromatic heterocycles. The Kier molecular flexibility index (Phi) is 9.45. The standard InChI is InChI=1S/C25H19FN8O10S3/c26-23-30-24(32-25(31-23)29-16-3-1-2-4-19(16)45-44-43-36)28-13-6-8-20(47(40,41)42)17(10-13)33-34-22-15(27)7-5-12-9-14(46(37,38)39)11-18(35)21(12)22/h1-11,35-36H,27H2,(H,37,38,39)(H,40,41,42)(H2,28,29,30,31,32). The average molecular weight is 707 g/mol. The quantitative estimate of drug-likeness (QED) is 0.0230. The first-order valence-electron chi connectivity index (χ1n) is 12.5. The summed E-state index contributed by atoms with van der Waals surface area (Å²) in [7, 11) is -9.56. The Labute approximate surface area is 267 Å². The minimum atomic E-state index is -4.87. The first-order valence-corrected chi connectivity index (χ1v) is 16.1. The number of aromatic hydroxyl groups is 1. The van der Waals surface area contributed by atoms with Crippen LogP contribution in [0, 0.1) is 6.08 Å². The Hall–Kier alpha value is -5.07. The molecular formula is C25H19FN8O10S3. The molecular weight excluding hydrogens is 688 g/mol. The fourth-order valence-electron chi connectivity index (χ4n) is 4.07. The molecule has 0 aliphatic carbocycles. The monoisotopic (exact) mass is 706 g/mol. The molecule has 8 N–H and O–H groups in total. The number of fused-ring (bicyclic) bond motifs is 1. The molecule has 1 heterocycles. The summed E-state index contributed by atoms with van der Waals surface area (Å²) in [6, 6.07) is 14.1. The number of phenols is 1. The van der Waals surface area contributed by atoms with Gasteiger partial charge in [0.2, 0.25) is 11.9 Å². The molecule has 0 fully saturated rings. The summed E-state index contributed by atoms with van der Waals surface area (Å²) >= 11 is 0.629. The lowest BCUT2D eigenvalue weighted by atomic mass is 10.1. The van der Waals surface area contributed by atoms with Gasteiger partial charge in [-0.15, -0.1) is 14.6 Å². The highest BCUT2D eigenvalue weighted by Gasteiger charge is 2.20. The summed E-state index contributed by atoms with van der Waals surface area (Å²) < 4.78 is 85.4. The third-order valence-corrected chi connectivity index (χ3v) is 8.42. The fourth-order valence-corrected chi connectivity index (χ4v) is 5.66. The van der Waals surface area contributed by atoms with Gasteiger partial charge in [0.25, 0.3) is 20.2 Å². The molecule has 0 bridgehead atoms. The molecule has 244 valence electrons. The van der Waals surface area contributed by atoms with Crippen molar-refractivity contribution in [2.24, 2.45) is 10.2 Å². The first kappa shape index (κ1) is 33.3. The van der Waals surface area contributed by atoms with E-state index in [0.29, 0.717) is 22.6 Å². The normalized spacial score (nSPS) is 12.1. The van der Waals surface area contributed by atoms with Crippen molar-refractivity contribution >= 4 is 83.4 Å². The van der Waals surface area contributed by atoms with Crippen molar-refractivity contribution in [1.29, 1.82) is 0 Å². The summed E-state index contributed by atoms with van der Waals surface area (Å²) in [5, 5.41) is 35.9. The van der Waals surface area contributed by atoms with Crippen LogP contribution >= 0.6 is 12.0 Å².